The van der Waals surface area contributed by atoms with Crippen LogP contribution in [0.15, 0.2) is 16.9 Å². The zero-order valence-electron chi connectivity index (χ0n) is 9.21. The summed E-state index contributed by atoms with van der Waals surface area (Å²) in [5, 5.41) is 40.9. The second-order valence-electron chi connectivity index (χ2n) is 3.65. The molecule has 0 saturated carbocycles. The molecule has 1 aromatic rings. The molecule has 0 atom stereocenters. The maximum absolute atomic E-state index is 10.8. The molecule has 100 valence electrons. The number of halogens is 1. The maximum atomic E-state index is 10.8. The van der Waals surface area contributed by atoms with E-state index in [1.165, 1.54) is 6.20 Å². The highest BCUT2D eigenvalue weighted by Gasteiger charge is 2.31. The summed E-state index contributed by atoms with van der Waals surface area (Å²) in [6, 6.07) is 0. The predicted octanol–water partition coefficient (Wildman–Crippen LogP) is -0.120. The van der Waals surface area contributed by atoms with Gasteiger partial charge in [0, 0.05) is 6.20 Å². The number of hydrogen-bond donors (Lipinski definition) is 4. The lowest BCUT2D eigenvalue weighted by atomic mass is 10.0. The number of anilines is 1. The number of hydrogen-bond acceptors (Lipinski definition) is 7. The van der Waals surface area contributed by atoms with Crippen molar-refractivity contribution in [1.82, 2.24) is 4.98 Å². The molecule has 1 heterocycles. The van der Waals surface area contributed by atoms with Gasteiger partial charge in [-0.15, -0.1) is 0 Å². The van der Waals surface area contributed by atoms with E-state index < -0.39 is 30.3 Å². The number of aliphatic hydroxyl groups excluding tert-OH is 3. The van der Waals surface area contributed by atoms with Gasteiger partial charge in [0.15, 0.2) is 0 Å². The molecule has 4 N–H and O–H groups in total. The molecule has 1 aromatic heterocycles. The Labute approximate surface area is 111 Å². The van der Waals surface area contributed by atoms with Crippen molar-refractivity contribution in [1.29, 1.82) is 0 Å². The van der Waals surface area contributed by atoms with Crippen molar-refractivity contribution in [2.75, 3.05) is 25.1 Å². The number of nitrogens with one attached hydrogen (secondary N) is 1. The summed E-state index contributed by atoms with van der Waals surface area (Å²) in [5.74, 6) is 0. The van der Waals surface area contributed by atoms with Gasteiger partial charge in [0.2, 0.25) is 0 Å². The Morgan fingerprint density at radius 3 is 2.33 bits per heavy atom. The third kappa shape index (κ3) is 2.93. The molecule has 0 radical (unpaired) electrons. The van der Waals surface area contributed by atoms with Crippen LogP contribution < -0.4 is 5.32 Å². The Hall–Kier alpha value is -1.29. The largest absolute Gasteiger partial charge is 0.394 e. The highest BCUT2D eigenvalue weighted by atomic mass is 79.9. The molecule has 0 fully saturated rings. The fourth-order valence-electron chi connectivity index (χ4n) is 1.22. The maximum Gasteiger partial charge on any atom is 0.311 e. The van der Waals surface area contributed by atoms with Gasteiger partial charge < -0.3 is 20.6 Å². The van der Waals surface area contributed by atoms with Crippen molar-refractivity contribution in [2.45, 2.75) is 5.54 Å². The third-order valence-electron chi connectivity index (χ3n) is 2.37. The highest BCUT2D eigenvalue weighted by Crippen LogP contribution is 2.33. The van der Waals surface area contributed by atoms with E-state index in [4.69, 9.17) is 0 Å². The zero-order valence-corrected chi connectivity index (χ0v) is 10.8. The standard InChI is InChI=1S/C9H12BrN3O5/c10-6-1-11-2-7(13(17)18)8(6)12-9(3-14,4-15)5-16/h1-2,14-16H,3-5H2,(H,11,12). The first-order valence-corrected chi connectivity index (χ1v) is 5.67. The first kappa shape index (κ1) is 14.8. The Morgan fingerprint density at radius 1 is 1.33 bits per heavy atom. The van der Waals surface area contributed by atoms with Gasteiger partial charge in [0.25, 0.3) is 0 Å². The minimum atomic E-state index is -1.45. The van der Waals surface area contributed by atoms with E-state index in [1.807, 2.05) is 0 Å². The average Bonchev–Trinajstić information content (AvgIpc) is 2.37. The third-order valence-corrected chi connectivity index (χ3v) is 2.98. The second kappa shape index (κ2) is 6.05. The number of nitro groups is 1. The fourth-order valence-corrected chi connectivity index (χ4v) is 1.64. The summed E-state index contributed by atoms with van der Waals surface area (Å²) in [6.45, 7) is -1.77. The molecule has 8 nitrogen and oxygen atoms in total. The van der Waals surface area contributed by atoms with Crippen molar-refractivity contribution in [3.63, 3.8) is 0 Å². The van der Waals surface area contributed by atoms with E-state index in [0.29, 0.717) is 0 Å². The molecular weight excluding hydrogens is 310 g/mol. The van der Waals surface area contributed by atoms with Gasteiger partial charge in [-0.1, -0.05) is 0 Å². The summed E-state index contributed by atoms with van der Waals surface area (Å²) in [5.41, 5.74) is -1.74. The molecule has 0 saturated heterocycles. The van der Waals surface area contributed by atoms with Crippen molar-refractivity contribution < 1.29 is 20.2 Å². The van der Waals surface area contributed by atoms with Crippen LogP contribution in [0.4, 0.5) is 11.4 Å². The number of aliphatic hydroxyl groups is 3. The van der Waals surface area contributed by atoms with Crippen molar-refractivity contribution in [3.05, 3.63) is 27.0 Å². The monoisotopic (exact) mass is 321 g/mol. The predicted molar refractivity (Wildman–Crippen MR) is 66.2 cm³/mol. The molecule has 0 aromatic carbocycles. The highest BCUT2D eigenvalue weighted by molar-refractivity contribution is 9.10. The number of aromatic nitrogens is 1. The minimum absolute atomic E-state index is 0.0344. The zero-order chi connectivity index (χ0) is 13.8. The van der Waals surface area contributed by atoms with Crippen LogP contribution in [0.3, 0.4) is 0 Å². The summed E-state index contributed by atoms with van der Waals surface area (Å²) in [6.07, 6.45) is 2.36. The van der Waals surface area contributed by atoms with E-state index in [0.717, 1.165) is 6.20 Å². The molecule has 0 aliphatic carbocycles. The first-order valence-electron chi connectivity index (χ1n) is 4.88. The second-order valence-corrected chi connectivity index (χ2v) is 4.51. The Bertz CT molecular complexity index is 430. The van der Waals surface area contributed by atoms with E-state index >= 15 is 0 Å². The SMILES string of the molecule is O=[N+]([O-])c1cncc(Br)c1NC(CO)(CO)CO. The topological polar surface area (TPSA) is 129 Å². The lowest BCUT2D eigenvalue weighted by Gasteiger charge is -2.29. The first-order chi connectivity index (χ1) is 8.49. The van der Waals surface area contributed by atoms with Crippen molar-refractivity contribution in [3.8, 4) is 0 Å². The Balaban J connectivity index is 3.20. The van der Waals surface area contributed by atoms with Crippen LogP contribution in [-0.2, 0) is 0 Å². The van der Waals surface area contributed by atoms with Crippen LogP contribution in [0.1, 0.15) is 0 Å². The van der Waals surface area contributed by atoms with Crippen LogP contribution in [-0.4, -0.2) is 50.6 Å². The van der Waals surface area contributed by atoms with Gasteiger partial charge in [0.1, 0.15) is 17.4 Å². The number of nitrogens with zero attached hydrogens (tertiary/aromatic N) is 2. The molecule has 0 spiro atoms. The van der Waals surface area contributed by atoms with Crippen LogP contribution in [0.5, 0.6) is 0 Å². The smallest absolute Gasteiger partial charge is 0.311 e. The van der Waals surface area contributed by atoms with Gasteiger partial charge in [-0.3, -0.25) is 15.1 Å². The van der Waals surface area contributed by atoms with Gasteiger partial charge in [0.05, 0.1) is 29.2 Å². The number of pyridine rings is 1. The molecule has 9 heteroatoms. The molecular formula is C9H12BrN3O5. The van der Waals surface area contributed by atoms with Crippen molar-refractivity contribution in [2.24, 2.45) is 0 Å². The van der Waals surface area contributed by atoms with Gasteiger partial charge in [-0.25, -0.2) is 0 Å². The lowest BCUT2D eigenvalue weighted by Crippen LogP contribution is -2.49. The molecule has 0 unspecified atom stereocenters. The van der Waals surface area contributed by atoms with Crippen LogP contribution >= 0.6 is 15.9 Å². The molecule has 18 heavy (non-hydrogen) atoms. The fraction of sp³-hybridized carbons (Fsp3) is 0.444. The summed E-state index contributed by atoms with van der Waals surface area (Å²) < 4.78 is 0.288. The van der Waals surface area contributed by atoms with E-state index in [9.17, 15) is 25.4 Å². The van der Waals surface area contributed by atoms with Crippen molar-refractivity contribution >= 4 is 27.3 Å². The average molecular weight is 322 g/mol. The molecule has 1 rings (SSSR count). The van der Waals surface area contributed by atoms with Crippen LogP contribution in [0.2, 0.25) is 0 Å². The molecule has 0 aliphatic heterocycles. The van der Waals surface area contributed by atoms with Gasteiger partial charge in [-0.2, -0.15) is 0 Å². The number of rotatable bonds is 6. The van der Waals surface area contributed by atoms with E-state index in [1.54, 1.807) is 0 Å². The van der Waals surface area contributed by atoms with E-state index in [2.05, 4.69) is 26.2 Å². The molecule has 0 amide bonds. The Kier molecular flexibility index (Phi) is 4.96. The normalized spacial score (nSPS) is 11.3. The molecule has 0 aliphatic rings. The minimum Gasteiger partial charge on any atom is -0.394 e. The quantitative estimate of drug-likeness (QED) is 0.424. The summed E-state index contributed by atoms with van der Waals surface area (Å²) >= 11 is 3.08. The van der Waals surface area contributed by atoms with E-state index in [-0.39, 0.29) is 15.8 Å². The Morgan fingerprint density at radius 2 is 1.89 bits per heavy atom. The lowest BCUT2D eigenvalue weighted by molar-refractivity contribution is -0.384. The van der Waals surface area contributed by atoms with Crippen LogP contribution in [0.25, 0.3) is 0 Å². The van der Waals surface area contributed by atoms with Gasteiger partial charge in [-0.05, 0) is 15.9 Å². The summed E-state index contributed by atoms with van der Waals surface area (Å²) in [7, 11) is 0. The summed E-state index contributed by atoms with van der Waals surface area (Å²) in [4.78, 5) is 13.8. The van der Waals surface area contributed by atoms with Crippen LogP contribution in [0, 0.1) is 10.1 Å². The molecule has 0 bridgehead atoms. The van der Waals surface area contributed by atoms with Gasteiger partial charge >= 0.3 is 5.69 Å².